The highest BCUT2D eigenvalue weighted by atomic mass is 35.5. The molecule has 8 heteroatoms. The molecular weight excluding hydrogens is 432 g/mol. The van der Waals surface area contributed by atoms with Crippen LogP contribution in [0.1, 0.15) is 52.4 Å². The lowest BCUT2D eigenvalue weighted by Gasteiger charge is -2.27. The fraction of sp³-hybridized carbons (Fsp3) is 0.391. The van der Waals surface area contributed by atoms with Gasteiger partial charge in [-0.15, -0.1) is 10.2 Å². The number of benzene rings is 2. The van der Waals surface area contributed by atoms with Crippen molar-refractivity contribution < 1.29 is 8.42 Å². The molecule has 0 bridgehead atoms. The summed E-state index contributed by atoms with van der Waals surface area (Å²) in [5, 5.41) is 9.29. The molecule has 0 amide bonds. The molecule has 6 nitrogen and oxygen atoms in total. The predicted octanol–water partition coefficient (Wildman–Crippen LogP) is 5.74. The third-order valence-electron chi connectivity index (χ3n) is 5.11. The van der Waals surface area contributed by atoms with Crippen LogP contribution in [0.15, 0.2) is 53.4 Å². The van der Waals surface area contributed by atoms with Crippen LogP contribution >= 0.6 is 11.6 Å². The van der Waals surface area contributed by atoms with E-state index in [9.17, 15) is 8.42 Å². The molecule has 3 rings (SSSR count). The molecule has 0 aliphatic heterocycles. The molecule has 0 atom stereocenters. The van der Waals surface area contributed by atoms with Gasteiger partial charge in [-0.3, -0.25) is 4.31 Å². The second kappa shape index (κ2) is 9.83. The van der Waals surface area contributed by atoms with Gasteiger partial charge in [0.1, 0.15) is 5.82 Å². The van der Waals surface area contributed by atoms with Gasteiger partial charge in [0.15, 0.2) is 5.82 Å². The highest BCUT2D eigenvalue weighted by Gasteiger charge is 2.29. The van der Waals surface area contributed by atoms with Crippen molar-refractivity contribution >= 4 is 27.3 Å². The van der Waals surface area contributed by atoms with Crippen molar-refractivity contribution in [1.29, 1.82) is 0 Å². The van der Waals surface area contributed by atoms with E-state index in [0.29, 0.717) is 28.6 Å². The Balaban J connectivity index is 2.24. The topological polar surface area (TPSA) is 68.1 Å². The lowest BCUT2D eigenvalue weighted by atomic mass is 10.1. The van der Waals surface area contributed by atoms with Gasteiger partial charge in [-0.05, 0) is 50.6 Å². The quantitative estimate of drug-likeness (QED) is 0.408. The van der Waals surface area contributed by atoms with Crippen LogP contribution in [-0.2, 0) is 16.4 Å². The number of unbranched alkanes of at least 4 members (excludes halogenated alkanes) is 1. The average Bonchev–Trinajstić information content (AvgIpc) is 3.19. The molecule has 0 saturated carbocycles. The second-order valence-corrected chi connectivity index (χ2v) is 9.96. The molecule has 2 aromatic carbocycles. The molecule has 166 valence electrons. The number of anilines is 1. The van der Waals surface area contributed by atoms with E-state index in [2.05, 4.69) is 24.0 Å². The first kappa shape index (κ1) is 23.3. The molecule has 0 radical (unpaired) electrons. The number of rotatable bonds is 9. The lowest BCUT2D eigenvalue weighted by molar-refractivity contribution is 0.576. The van der Waals surface area contributed by atoms with Gasteiger partial charge in [0.25, 0.3) is 10.0 Å². The summed E-state index contributed by atoms with van der Waals surface area (Å²) in [6.07, 6.45) is 2.32. The van der Waals surface area contributed by atoms with Crippen molar-refractivity contribution in [3.8, 4) is 11.4 Å². The van der Waals surface area contributed by atoms with Crippen LogP contribution in [0.25, 0.3) is 11.4 Å². The van der Waals surface area contributed by atoms with Gasteiger partial charge in [0.05, 0.1) is 10.6 Å². The number of sulfonamides is 1. The van der Waals surface area contributed by atoms with Crippen molar-refractivity contribution in [2.24, 2.45) is 0 Å². The first-order chi connectivity index (χ1) is 14.8. The largest absolute Gasteiger partial charge is 0.308 e. The van der Waals surface area contributed by atoms with E-state index in [1.165, 1.54) is 4.31 Å². The van der Waals surface area contributed by atoms with E-state index in [4.69, 9.17) is 11.6 Å². The van der Waals surface area contributed by atoms with Crippen LogP contribution < -0.4 is 4.31 Å². The van der Waals surface area contributed by atoms with Crippen molar-refractivity contribution in [2.45, 2.75) is 57.9 Å². The highest BCUT2D eigenvalue weighted by molar-refractivity contribution is 7.92. The van der Waals surface area contributed by atoms with Crippen molar-refractivity contribution in [3.05, 3.63) is 59.4 Å². The molecule has 1 heterocycles. The summed E-state index contributed by atoms with van der Waals surface area (Å²) in [6, 6.07) is 13.9. The zero-order valence-electron chi connectivity index (χ0n) is 18.4. The van der Waals surface area contributed by atoms with Crippen molar-refractivity contribution in [1.82, 2.24) is 14.8 Å². The summed E-state index contributed by atoms with van der Waals surface area (Å²) >= 11 is 6.35. The predicted molar refractivity (Wildman–Crippen MR) is 126 cm³/mol. The monoisotopic (exact) mass is 460 g/mol. The Morgan fingerprint density at radius 2 is 1.77 bits per heavy atom. The molecule has 3 aromatic rings. The minimum atomic E-state index is -3.77. The summed E-state index contributed by atoms with van der Waals surface area (Å²) in [7, 11) is -3.77. The maximum absolute atomic E-state index is 13.6. The lowest BCUT2D eigenvalue weighted by Crippen LogP contribution is -2.32. The van der Waals surface area contributed by atoms with Gasteiger partial charge >= 0.3 is 0 Å². The van der Waals surface area contributed by atoms with E-state index in [1.807, 2.05) is 18.4 Å². The Morgan fingerprint density at radius 1 is 1.06 bits per heavy atom. The van der Waals surface area contributed by atoms with Gasteiger partial charge in [-0.25, -0.2) is 8.42 Å². The summed E-state index contributed by atoms with van der Waals surface area (Å²) < 4.78 is 30.8. The molecule has 0 N–H and O–H groups in total. The third-order valence-corrected chi connectivity index (χ3v) is 7.18. The summed E-state index contributed by atoms with van der Waals surface area (Å²) in [5.41, 5.74) is 1.21. The Hall–Kier alpha value is -2.38. The minimum absolute atomic E-state index is 0.113. The van der Waals surface area contributed by atoms with Crippen molar-refractivity contribution in [3.63, 3.8) is 0 Å². The fourth-order valence-electron chi connectivity index (χ4n) is 3.59. The molecule has 31 heavy (non-hydrogen) atoms. The molecule has 0 saturated heterocycles. The minimum Gasteiger partial charge on any atom is -0.308 e. The van der Waals surface area contributed by atoms with Crippen LogP contribution in [0.3, 0.4) is 0 Å². The molecule has 0 spiro atoms. The normalized spacial score (nSPS) is 11.8. The second-order valence-electron chi connectivity index (χ2n) is 7.66. The number of halogens is 1. The fourth-order valence-corrected chi connectivity index (χ4v) is 5.30. The average molecular weight is 461 g/mol. The third kappa shape index (κ3) is 4.77. The van der Waals surface area contributed by atoms with Gasteiger partial charge in [-0.1, -0.05) is 50.1 Å². The maximum atomic E-state index is 13.6. The maximum Gasteiger partial charge on any atom is 0.264 e. The van der Waals surface area contributed by atoms with Crippen LogP contribution in [0, 0.1) is 0 Å². The van der Waals surface area contributed by atoms with Crippen LogP contribution in [-0.4, -0.2) is 29.7 Å². The standard InChI is InChI=1S/C23H29ClN4O2S/c1-5-7-15-27(31(29,30)19-11-9-8-10-12-19)21-14-13-18(24)16-20(21)23-26-25-22(6-2)28(23)17(3)4/h8-14,16-17H,5-7,15H2,1-4H3. The van der Waals surface area contributed by atoms with Gasteiger partial charge in [-0.2, -0.15) is 0 Å². The Bertz CT molecular complexity index is 1130. The molecule has 1 aromatic heterocycles. The number of hydrogen-bond acceptors (Lipinski definition) is 4. The van der Waals surface area contributed by atoms with E-state index >= 15 is 0 Å². The van der Waals surface area contributed by atoms with Crippen LogP contribution in [0.2, 0.25) is 5.02 Å². The zero-order chi connectivity index (χ0) is 22.6. The summed E-state index contributed by atoms with van der Waals surface area (Å²) in [4.78, 5) is 0.256. The van der Waals surface area contributed by atoms with E-state index in [1.54, 1.807) is 48.5 Å². The highest BCUT2D eigenvalue weighted by Crippen LogP contribution is 2.37. The van der Waals surface area contributed by atoms with Gasteiger partial charge < -0.3 is 4.57 Å². The molecule has 0 aliphatic carbocycles. The summed E-state index contributed by atoms with van der Waals surface area (Å²) in [6.45, 7) is 8.55. The first-order valence-corrected chi connectivity index (χ1v) is 12.4. The zero-order valence-corrected chi connectivity index (χ0v) is 20.0. The SMILES string of the molecule is CCCCN(c1ccc(Cl)cc1-c1nnc(CC)n1C(C)C)S(=O)(=O)c1ccccc1. The first-order valence-electron chi connectivity index (χ1n) is 10.6. The van der Waals surface area contributed by atoms with Crippen LogP contribution in [0.5, 0.6) is 0 Å². The number of aryl methyl sites for hydroxylation is 1. The Labute approximate surface area is 189 Å². The number of aromatic nitrogens is 3. The van der Waals surface area contributed by atoms with E-state index in [0.717, 1.165) is 25.1 Å². The molecule has 0 fully saturated rings. The van der Waals surface area contributed by atoms with Gasteiger partial charge in [0.2, 0.25) is 0 Å². The molecular formula is C23H29ClN4O2S. The number of nitrogens with zero attached hydrogens (tertiary/aromatic N) is 4. The number of hydrogen-bond donors (Lipinski definition) is 0. The smallest absolute Gasteiger partial charge is 0.264 e. The van der Waals surface area contributed by atoms with Gasteiger partial charge in [0, 0.05) is 29.6 Å². The molecule has 0 unspecified atom stereocenters. The Kier molecular flexibility index (Phi) is 7.38. The van der Waals surface area contributed by atoms with Crippen molar-refractivity contribution in [2.75, 3.05) is 10.8 Å². The van der Waals surface area contributed by atoms with Crippen LogP contribution in [0.4, 0.5) is 5.69 Å². The van der Waals surface area contributed by atoms with E-state index in [-0.39, 0.29) is 10.9 Å². The van der Waals surface area contributed by atoms with E-state index < -0.39 is 10.0 Å². The Morgan fingerprint density at radius 3 is 2.39 bits per heavy atom. The summed E-state index contributed by atoms with van der Waals surface area (Å²) in [5.74, 6) is 1.47. The molecule has 0 aliphatic rings.